The van der Waals surface area contributed by atoms with E-state index in [1.165, 1.54) is 5.41 Å². The minimum Gasteiger partial charge on any atom is -0.354 e. The molecule has 0 aromatic carbocycles. The molecule has 25 heavy (non-hydrogen) atoms. The van der Waals surface area contributed by atoms with Gasteiger partial charge in [-0.05, 0) is 13.1 Å². The quantitative estimate of drug-likeness (QED) is 0.814. The minimum absolute atomic E-state index is 0.0276. The molecule has 3 rings (SSSR count). The average molecular weight is 364 g/mol. The first-order valence-corrected chi connectivity index (χ1v) is 10.2. The fraction of sp³-hybridized carbons (Fsp3) is 0.529. The van der Waals surface area contributed by atoms with E-state index >= 15 is 0 Å². The zero-order chi connectivity index (χ0) is 17.9. The van der Waals surface area contributed by atoms with Gasteiger partial charge in [-0.2, -0.15) is 0 Å². The SMILES string of the molecule is CN1CCN(c2ncccc2CNC(=O)C[C@@H]2C=CS(=O)(=O)C2)CC1. The Morgan fingerprint density at radius 3 is 2.76 bits per heavy atom. The number of carbonyl (C=O) groups excluding carboxylic acids is 1. The second-order valence-electron chi connectivity index (χ2n) is 6.68. The van der Waals surface area contributed by atoms with Crippen molar-refractivity contribution in [2.24, 2.45) is 5.92 Å². The minimum atomic E-state index is -3.12. The lowest BCUT2D eigenvalue weighted by molar-refractivity contribution is -0.121. The number of nitrogens with one attached hydrogen (secondary N) is 1. The van der Waals surface area contributed by atoms with Crippen molar-refractivity contribution in [2.45, 2.75) is 13.0 Å². The van der Waals surface area contributed by atoms with Crippen molar-refractivity contribution in [2.75, 3.05) is 43.9 Å². The van der Waals surface area contributed by atoms with Gasteiger partial charge in [0.1, 0.15) is 5.82 Å². The van der Waals surface area contributed by atoms with Gasteiger partial charge in [-0.3, -0.25) is 4.79 Å². The highest BCUT2D eigenvalue weighted by Crippen LogP contribution is 2.20. The largest absolute Gasteiger partial charge is 0.354 e. The maximum Gasteiger partial charge on any atom is 0.220 e. The summed E-state index contributed by atoms with van der Waals surface area (Å²) in [6, 6.07) is 3.84. The Bertz CT molecular complexity index is 755. The molecule has 0 unspecified atom stereocenters. The molecule has 0 aliphatic carbocycles. The van der Waals surface area contributed by atoms with Gasteiger partial charge >= 0.3 is 0 Å². The van der Waals surface area contributed by atoms with Crippen LogP contribution < -0.4 is 10.2 Å². The predicted octanol–water partition coefficient (Wildman–Crippen LogP) is 0.398. The maximum absolute atomic E-state index is 12.1. The Morgan fingerprint density at radius 1 is 1.32 bits per heavy atom. The van der Waals surface area contributed by atoms with Crippen LogP contribution in [0.15, 0.2) is 29.8 Å². The van der Waals surface area contributed by atoms with Gasteiger partial charge in [-0.15, -0.1) is 0 Å². The standard InChI is InChI=1S/C17H24N4O3S/c1-20-6-8-21(9-7-20)17-15(3-2-5-18-17)12-19-16(22)11-14-4-10-25(23,24)13-14/h2-5,10,14H,6-9,11-13H2,1H3,(H,19,22)/t14-/m0/s1. The first-order chi connectivity index (χ1) is 11.9. The van der Waals surface area contributed by atoms with Crippen LogP contribution in [-0.4, -0.2) is 63.2 Å². The highest BCUT2D eigenvalue weighted by atomic mass is 32.2. The van der Waals surface area contributed by atoms with Gasteiger partial charge in [-0.1, -0.05) is 12.1 Å². The average Bonchev–Trinajstić information content (AvgIpc) is 2.92. The highest BCUT2D eigenvalue weighted by Gasteiger charge is 2.24. The van der Waals surface area contributed by atoms with E-state index in [1.807, 2.05) is 12.1 Å². The molecule has 1 amide bonds. The number of piperazine rings is 1. The smallest absolute Gasteiger partial charge is 0.220 e. The number of nitrogens with zero attached hydrogens (tertiary/aromatic N) is 3. The number of rotatable bonds is 5. The monoisotopic (exact) mass is 364 g/mol. The Kier molecular flexibility index (Phi) is 5.39. The molecule has 2 aliphatic heterocycles. The van der Waals surface area contributed by atoms with Crippen molar-refractivity contribution in [3.8, 4) is 0 Å². The molecule has 136 valence electrons. The predicted molar refractivity (Wildman–Crippen MR) is 96.8 cm³/mol. The second kappa shape index (κ2) is 7.53. The molecule has 0 bridgehead atoms. The zero-order valence-electron chi connectivity index (χ0n) is 14.4. The number of carbonyl (C=O) groups is 1. The molecular weight excluding hydrogens is 340 g/mol. The van der Waals surface area contributed by atoms with E-state index in [1.54, 1.807) is 12.3 Å². The first kappa shape index (κ1) is 17.9. The molecule has 3 heterocycles. The van der Waals surface area contributed by atoms with E-state index in [4.69, 9.17) is 0 Å². The van der Waals surface area contributed by atoms with Crippen LogP contribution in [-0.2, 0) is 21.2 Å². The van der Waals surface area contributed by atoms with Crippen molar-refractivity contribution in [1.82, 2.24) is 15.2 Å². The summed E-state index contributed by atoms with van der Waals surface area (Å²) in [5, 5.41) is 4.10. The van der Waals surface area contributed by atoms with Crippen molar-refractivity contribution in [1.29, 1.82) is 0 Å². The third-order valence-corrected chi connectivity index (χ3v) is 6.06. The van der Waals surface area contributed by atoms with Crippen LogP contribution >= 0.6 is 0 Å². The van der Waals surface area contributed by atoms with Gasteiger partial charge in [-0.25, -0.2) is 13.4 Å². The number of amides is 1. The molecule has 7 nitrogen and oxygen atoms in total. The lowest BCUT2D eigenvalue weighted by Gasteiger charge is -2.34. The third kappa shape index (κ3) is 4.79. The summed E-state index contributed by atoms with van der Waals surface area (Å²) in [7, 11) is -1.01. The zero-order valence-corrected chi connectivity index (χ0v) is 15.2. The fourth-order valence-corrected chi connectivity index (χ4v) is 4.54. The number of hydrogen-bond donors (Lipinski definition) is 1. The molecule has 1 fully saturated rings. The van der Waals surface area contributed by atoms with Crippen LogP contribution in [0.25, 0.3) is 0 Å². The van der Waals surface area contributed by atoms with E-state index in [9.17, 15) is 13.2 Å². The number of likely N-dealkylation sites (N-methyl/N-ethyl adjacent to an activating group) is 1. The van der Waals surface area contributed by atoms with Gasteiger partial charge < -0.3 is 15.1 Å². The Balaban J connectivity index is 1.56. The van der Waals surface area contributed by atoms with Crippen LogP contribution in [0, 0.1) is 5.92 Å². The summed E-state index contributed by atoms with van der Waals surface area (Å²) in [5.41, 5.74) is 0.981. The number of hydrogen-bond acceptors (Lipinski definition) is 6. The van der Waals surface area contributed by atoms with Crippen molar-refractivity contribution < 1.29 is 13.2 Å². The number of aromatic nitrogens is 1. The molecule has 2 aliphatic rings. The Morgan fingerprint density at radius 2 is 2.08 bits per heavy atom. The van der Waals surface area contributed by atoms with Gasteiger partial charge in [0, 0.05) is 62.2 Å². The molecule has 8 heteroatoms. The molecular formula is C17H24N4O3S. The summed E-state index contributed by atoms with van der Waals surface area (Å²) >= 11 is 0. The van der Waals surface area contributed by atoms with Crippen molar-refractivity contribution in [3.63, 3.8) is 0 Å². The van der Waals surface area contributed by atoms with E-state index in [0.29, 0.717) is 6.54 Å². The molecule has 1 aromatic rings. The summed E-state index contributed by atoms with van der Waals surface area (Å²) in [6.07, 6.45) is 3.57. The third-order valence-electron chi connectivity index (χ3n) is 4.60. The molecule has 1 saturated heterocycles. The van der Waals surface area contributed by atoms with Crippen molar-refractivity contribution in [3.05, 3.63) is 35.4 Å². The molecule has 1 atom stereocenters. The van der Waals surface area contributed by atoms with Crippen LogP contribution in [0.3, 0.4) is 0 Å². The van der Waals surface area contributed by atoms with Gasteiger partial charge in [0.2, 0.25) is 5.91 Å². The Labute approximate surface area is 148 Å². The molecule has 0 radical (unpaired) electrons. The normalized spacial score (nSPS) is 22.9. The summed E-state index contributed by atoms with van der Waals surface area (Å²) in [5.74, 6) is 0.579. The maximum atomic E-state index is 12.1. The number of allylic oxidation sites excluding steroid dienone is 1. The topological polar surface area (TPSA) is 82.6 Å². The van der Waals surface area contributed by atoms with Crippen LogP contribution in [0.2, 0.25) is 0 Å². The van der Waals surface area contributed by atoms with Crippen LogP contribution in [0.1, 0.15) is 12.0 Å². The summed E-state index contributed by atoms with van der Waals surface area (Å²) in [6.45, 7) is 4.21. The molecule has 1 aromatic heterocycles. The van der Waals surface area contributed by atoms with Gasteiger partial charge in [0.15, 0.2) is 9.84 Å². The van der Waals surface area contributed by atoms with Crippen LogP contribution in [0.4, 0.5) is 5.82 Å². The number of pyridine rings is 1. The lowest BCUT2D eigenvalue weighted by atomic mass is 10.1. The summed E-state index contributed by atoms with van der Waals surface area (Å²) < 4.78 is 22.8. The highest BCUT2D eigenvalue weighted by molar-refractivity contribution is 7.94. The molecule has 1 N–H and O–H groups in total. The van der Waals surface area contributed by atoms with Gasteiger partial charge in [0.05, 0.1) is 5.75 Å². The number of sulfone groups is 1. The van der Waals surface area contributed by atoms with Crippen LogP contribution in [0.5, 0.6) is 0 Å². The second-order valence-corrected chi connectivity index (χ2v) is 8.61. The lowest BCUT2D eigenvalue weighted by Crippen LogP contribution is -2.45. The molecule has 0 saturated carbocycles. The fourth-order valence-electron chi connectivity index (χ4n) is 3.14. The first-order valence-electron chi connectivity index (χ1n) is 8.48. The van der Waals surface area contributed by atoms with Gasteiger partial charge in [0.25, 0.3) is 0 Å². The molecule has 0 spiro atoms. The van der Waals surface area contributed by atoms with Crippen molar-refractivity contribution >= 4 is 21.6 Å². The number of anilines is 1. The summed E-state index contributed by atoms with van der Waals surface area (Å²) in [4.78, 5) is 21.2. The van der Waals surface area contributed by atoms with E-state index in [2.05, 4.69) is 27.1 Å². The Hall–Kier alpha value is -1.93. The van der Waals surface area contributed by atoms with E-state index in [-0.39, 0.29) is 24.0 Å². The van der Waals surface area contributed by atoms with E-state index in [0.717, 1.165) is 37.6 Å². The van der Waals surface area contributed by atoms with E-state index < -0.39 is 9.84 Å².